The van der Waals surface area contributed by atoms with Crippen molar-refractivity contribution in [2.75, 3.05) is 13.7 Å². The maximum atomic E-state index is 11.5. The van der Waals surface area contributed by atoms with E-state index in [1.165, 1.54) is 14.0 Å². The highest BCUT2D eigenvalue weighted by atomic mass is 32.2. The lowest BCUT2D eigenvalue weighted by molar-refractivity contribution is -0.141. The largest absolute Gasteiger partial charge is 0.499 e. The van der Waals surface area contributed by atoms with Gasteiger partial charge in [0.1, 0.15) is 17.1 Å². The number of methoxy groups -OCH3 is 1. The third-order valence-electron chi connectivity index (χ3n) is 2.20. The van der Waals surface area contributed by atoms with Crippen molar-refractivity contribution >= 4 is 22.8 Å². The molecule has 0 aliphatic carbocycles. The second-order valence-corrected chi connectivity index (χ2v) is 5.03. The molecule has 0 radical (unpaired) electrons. The van der Waals surface area contributed by atoms with Gasteiger partial charge >= 0.3 is 5.97 Å². The van der Waals surface area contributed by atoms with Crippen molar-refractivity contribution in [1.82, 2.24) is 0 Å². The topological polar surface area (TPSA) is 52.6 Å². The number of ether oxygens (including phenoxy) is 2. The Morgan fingerprint density at radius 2 is 2.13 bits per heavy atom. The number of carbonyl (C=O) groups is 2. The van der Waals surface area contributed by atoms with Gasteiger partial charge in [0.15, 0.2) is 0 Å². The molecule has 0 amide bonds. The van der Waals surface area contributed by atoms with Crippen LogP contribution in [0.2, 0.25) is 0 Å². The van der Waals surface area contributed by atoms with Crippen molar-refractivity contribution in [2.45, 2.75) is 25.5 Å². The van der Waals surface area contributed by atoms with Gasteiger partial charge in [0.25, 0.3) is 0 Å². The first-order chi connectivity index (χ1) is 6.90. The van der Waals surface area contributed by atoms with Gasteiger partial charge in [0.05, 0.1) is 7.11 Å². The van der Waals surface area contributed by atoms with Crippen molar-refractivity contribution in [1.29, 1.82) is 0 Å². The molecule has 1 rings (SSSR count). The summed E-state index contributed by atoms with van der Waals surface area (Å²) in [5.41, 5.74) is 0.595. The van der Waals surface area contributed by atoms with E-state index in [2.05, 4.69) is 0 Å². The fraction of sp³-hybridized carbons (Fsp3) is 0.600. The van der Waals surface area contributed by atoms with Crippen LogP contribution in [0.15, 0.2) is 11.3 Å². The van der Waals surface area contributed by atoms with Crippen molar-refractivity contribution in [3.63, 3.8) is 0 Å². The number of esters is 1. The molecule has 0 aromatic carbocycles. The quantitative estimate of drug-likeness (QED) is 0.688. The van der Waals surface area contributed by atoms with Gasteiger partial charge in [-0.1, -0.05) is 11.8 Å². The minimum atomic E-state index is -0.582. The number of thioether (sulfide) groups is 1. The van der Waals surface area contributed by atoms with Gasteiger partial charge in [-0.15, -0.1) is 0 Å². The van der Waals surface area contributed by atoms with Crippen LogP contribution < -0.4 is 0 Å². The van der Waals surface area contributed by atoms with Crippen molar-refractivity contribution in [2.24, 2.45) is 0 Å². The standard InChI is InChI=1S/C10H14O4S/c1-6-8(13-4)10(3,15-9(6)12)5-14-7(2)11/h5H2,1-4H3/t10-/m0/s1. The first-order valence-corrected chi connectivity index (χ1v) is 5.34. The molecule has 1 heterocycles. The normalized spacial score (nSPS) is 25.7. The Balaban J connectivity index is 2.86. The van der Waals surface area contributed by atoms with Gasteiger partial charge in [0, 0.05) is 12.5 Å². The predicted octanol–water partition coefficient (Wildman–Crippen LogP) is 1.50. The lowest BCUT2D eigenvalue weighted by atomic mass is 10.1. The van der Waals surface area contributed by atoms with E-state index in [4.69, 9.17) is 9.47 Å². The van der Waals surface area contributed by atoms with E-state index in [1.807, 2.05) is 6.92 Å². The summed E-state index contributed by atoms with van der Waals surface area (Å²) in [6, 6.07) is 0. The van der Waals surface area contributed by atoms with E-state index >= 15 is 0 Å². The number of hydrogen-bond donors (Lipinski definition) is 0. The molecule has 0 spiro atoms. The van der Waals surface area contributed by atoms with Gasteiger partial charge < -0.3 is 9.47 Å². The second-order valence-electron chi connectivity index (χ2n) is 3.56. The Morgan fingerprint density at radius 1 is 1.53 bits per heavy atom. The molecule has 1 aliphatic heterocycles. The van der Waals surface area contributed by atoms with Crippen LogP contribution in [0.4, 0.5) is 0 Å². The van der Waals surface area contributed by atoms with E-state index in [9.17, 15) is 9.59 Å². The maximum absolute atomic E-state index is 11.5. The first-order valence-electron chi connectivity index (χ1n) is 4.53. The fourth-order valence-corrected chi connectivity index (χ4v) is 2.62. The number of rotatable bonds is 3. The van der Waals surface area contributed by atoms with Crippen LogP contribution in [0.5, 0.6) is 0 Å². The van der Waals surface area contributed by atoms with Crippen LogP contribution in [0.3, 0.4) is 0 Å². The summed E-state index contributed by atoms with van der Waals surface area (Å²) in [7, 11) is 1.52. The molecule has 0 bridgehead atoms. The zero-order valence-electron chi connectivity index (χ0n) is 9.25. The Kier molecular flexibility index (Phi) is 3.44. The zero-order valence-corrected chi connectivity index (χ0v) is 10.1. The smallest absolute Gasteiger partial charge is 0.302 e. The molecule has 0 unspecified atom stereocenters. The molecule has 0 N–H and O–H groups in total. The van der Waals surface area contributed by atoms with E-state index < -0.39 is 4.75 Å². The average Bonchev–Trinajstić information content (AvgIpc) is 2.36. The molecule has 4 nitrogen and oxygen atoms in total. The number of carbonyl (C=O) groups excluding carboxylic acids is 2. The Hall–Kier alpha value is -0.970. The molecule has 0 saturated heterocycles. The molecule has 1 aliphatic rings. The first kappa shape index (κ1) is 12.1. The van der Waals surface area contributed by atoms with Crippen molar-refractivity contribution in [3.05, 3.63) is 11.3 Å². The van der Waals surface area contributed by atoms with Gasteiger partial charge in [-0.25, -0.2) is 0 Å². The lowest BCUT2D eigenvalue weighted by Crippen LogP contribution is -2.29. The molecular formula is C10H14O4S. The molecule has 0 aromatic rings. The number of hydrogen-bond acceptors (Lipinski definition) is 5. The van der Waals surface area contributed by atoms with E-state index in [1.54, 1.807) is 6.92 Å². The minimum absolute atomic E-state index is 0.0264. The molecule has 0 saturated carbocycles. The average molecular weight is 230 g/mol. The monoisotopic (exact) mass is 230 g/mol. The Morgan fingerprint density at radius 3 is 2.60 bits per heavy atom. The van der Waals surface area contributed by atoms with Crippen molar-refractivity contribution < 1.29 is 19.1 Å². The zero-order chi connectivity index (χ0) is 11.6. The van der Waals surface area contributed by atoms with Crippen molar-refractivity contribution in [3.8, 4) is 0 Å². The summed E-state index contributed by atoms with van der Waals surface area (Å²) >= 11 is 1.14. The lowest BCUT2D eigenvalue weighted by Gasteiger charge is -2.24. The Labute approximate surface area is 93.0 Å². The molecular weight excluding hydrogens is 216 g/mol. The summed E-state index contributed by atoms with van der Waals surface area (Å²) in [4.78, 5) is 22.2. The van der Waals surface area contributed by atoms with Crippen LogP contribution >= 0.6 is 11.8 Å². The third-order valence-corrected chi connectivity index (χ3v) is 3.45. The van der Waals surface area contributed by atoms with Crippen LogP contribution in [0.25, 0.3) is 0 Å². The molecule has 0 fully saturated rings. The SMILES string of the molecule is COC1=C(C)C(=O)S[C@@]1(C)COC(C)=O. The highest BCUT2D eigenvalue weighted by Gasteiger charge is 2.43. The predicted molar refractivity (Wildman–Crippen MR) is 57.3 cm³/mol. The summed E-state index contributed by atoms with van der Waals surface area (Å²) in [6.07, 6.45) is 0. The highest BCUT2D eigenvalue weighted by Crippen LogP contribution is 2.43. The second kappa shape index (κ2) is 4.26. The fourth-order valence-electron chi connectivity index (χ4n) is 1.52. The summed E-state index contributed by atoms with van der Waals surface area (Å²) in [6.45, 7) is 5.04. The highest BCUT2D eigenvalue weighted by molar-refractivity contribution is 8.15. The molecule has 0 aromatic heterocycles. The van der Waals surface area contributed by atoms with Gasteiger partial charge in [-0.3, -0.25) is 9.59 Å². The summed E-state index contributed by atoms with van der Waals surface area (Å²) < 4.78 is 9.54. The van der Waals surface area contributed by atoms with Gasteiger partial charge in [0.2, 0.25) is 5.12 Å². The van der Waals surface area contributed by atoms with Crippen LogP contribution in [0.1, 0.15) is 20.8 Å². The molecule has 5 heteroatoms. The molecule has 84 valence electrons. The maximum Gasteiger partial charge on any atom is 0.302 e. The van der Waals surface area contributed by atoms with Crippen LogP contribution in [-0.2, 0) is 19.1 Å². The molecule has 1 atom stereocenters. The van der Waals surface area contributed by atoms with E-state index in [0.29, 0.717) is 11.3 Å². The van der Waals surface area contributed by atoms with E-state index in [0.717, 1.165) is 11.8 Å². The van der Waals surface area contributed by atoms with Crippen LogP contribution in [-0.4, -0.2) is 29.5 Å². The van der Waals surface area contributed by atoms with Crippen LogP contribution in [0, 0.1) is 0 Å². The summed E-state index contributed by atoms with van der Waals surface area (Å²) in [5.74, 6) is 0.239. The third kappa shape index (κ3) is 2.34. The Bertz CT molecular complexity index is 334. The molecule has 15 heavy (non-hydrogen) atoms. The van der Waals surface area contributed by atoms with E-state index in [-0.39, 0.29) is 17.7 Å². The summed E-state index contributed by atoms with van der Waals surface area (Å²) in [5, 5.41) is -0.0264. The van der Waals surface area contributed by atoms with Gasteiger partial charge in [-0.05, 0) is 13.8 Å². The van der Waals surface area contributed by atoms with Gasteiger partial charge in [-0.2, -0.15) is 0 Å². The minimum Gasteiger partial charge on any atom is -0.499 e.